The molecule has 2 heterocycles. The smallest absolute Gasteiger partial charge is 0.225 e. The van der Waals surface area contributed by atoms with Gasteiger partial charge in [-0.2, -0.15) is 0 Å². The van der Waals surface area contributed by atoms with Crippen LogP contribution in [-0.2, 0) is 6.54 Å². The van der Waals surface area contributed by atoms with Crippen molar-refractivity contribution in [1.29, 1.82) is 0 Å². The molecule has 1 aliphatic rings. The molecule has 138 valence electrons. The van der Waals surface area contributed by atoms with E-state index in [1.165, 1.54) is 5.56 Å². The Morgan fingerprint density at radius 2 is 1.92 bits per heavy atom. The maximum Gasteiger partial charge on any atom is 0.225 e. The molecule has 0 unspecified atom stereocenters. The van der Waals surface area contributed by atoms with Crippen molar-refractivity contribution < 1.29 is 4.74 Å². The van der Waals surface area contributed by atoms with Crippen LogP contribution in [-0.4, -0.2) is 60.7 Å². The number of guanidine groups is 1. The number of anilines is 1. The molecule has 7 nitrogen and oxygen atoms in total. The van der Waals surface area contributed by atoms with E-state index in [2.05, 4.69) is 42.2 Å². The molecule has 1 fully saturated rings. The minimum Gasteiger partial charge on any atom is -0.494 e. The number of nitrogens with one attached hydrogen (secondary N) is 1. The first-order valence-corrected chi connectivity index (χ1v) is 8.99. The molecule has 1 aliphatic heterocycles. The summed E-state index contributed by atoms with van der Waals surface area (Å²) in [5.41, 5.74) is 1.17. The summed E-state index contributed by atoms with van der Waals surface area (Å²) in [6.45, 7) is 6.92. The van der Waals surface area contributed by atoms with Crippen LogP contribution in [0.3, 0.4) is 0 Å². The maximum atomic E-state index is 5.56. The van der Waals surface area contributed by atoms with Gasteiger partial charge in [0.2, 0.25) is 5.95 Å². The SMILES string of the molecule is CCOc1cccc(CNC(=NC)N2CCN(c3ncccn3)CC2)c1. The van der Waals surface area contributed by atoms with Crippen LogP contribution in [0.25, 0.3) is 0 Å². The van der Waals surface area contributed by atoms with Crippen molar-refractivity contribution in [1.82, 2.24) is 20.2 Å². The van der Waals surface area contributed by atoms with Crippen molar-refractivity contribution in [2.75, 3.05) is 44.7 Å². The highest BCUT2D eigenvalue weighted by atomic mass is 16.5. The monoisotopic (exact) mass is 354 g/mol. The van der Waals surface area contributed by atoms with Crippen molar-refractivity contribution in [3.05, 3.63) is 48.3 Å². The second kappa shape index (κ2) is 9.03. The second-order valence-corrected chi connectivity index (χ2v) is 6.00. The van der Waals surface area contributed by atoms with Crippen LogP contribution in [0, 0.1) is 0 Å². The Hall–Kier alpha value is -2.83. The molecule has 0 aliphatic carbocycles. The first-order chi connectivity index (χ1) is 12.8. The first-order valence-electron chi connectivity index (χ1n) is 8.99. The number of piperazine rings is 1. The standard InChI is InChI=1S/C19H26N6O/c1-3-26-17-7-4-6-16(14-17)15-23-18(20-2)24-10-12-25(13-11-24)19-21-8-5-9-22-19/h4-9,14H,3,10-13,15H2,1-2H3,(H,20,23). The summed E-state index contributed by atoms with van der Waals surface area (Å²) in [6.07, 6.45) is 3.57. The Morgan fingerprint density at radius 1 is 1.15 bits per heavy atom. The molecule has 1 saturated heterocycles. The summed E-state index contributed by atoms with van der Waals surface area (Å²) in [4.78, 5) is 17.6. The zero-order valence-electron chi connectivity index (χ0n) is 15.4. The van der Waals surface area contributed by atoms with Gasteiger partial charge in [0.1, 0.15) is 5.75 Å². The highest BCUT2D eigenvalue weighted by Gasteiger charge is 2.20. The molecule has 0 amide bonds. The molecule has 0 radical (unpaired) electrons. The van der Waals surface area contributed by atoms with Gasteiger partial charge >= 0.3 is 0 Å². The van der Waals surface area contributed by atoms with E-state index >= 15 is 0 Å². The molecule has 0 bridgehead atoms. The molecule has 1 N–H and O–H groups in total. The van der Waals surface area contributed by atoms with Gasteiger partial charge in [0, 0.05) is 52.2 Å². The third-order valence-corrected chi connectivity index (χ3v) is 4.29. The minimum absolute atomic E-state index is 0.675. The Balaban J connectivity index is 1.53. The van der Waals surface area contributed by atoms with Crippen molar-refractivity contribution in [2.45, 2.75) is 13.5 Å². The average molecular weight is 354 g/mol. The molecule has 0 spiro atoms. The molecule has 26 heavy (non-hydrogen) atoms. The topological polar surface area (TPSA) is 65.9 Å². The van der Waals surface area contributed by atoms with E-state index in [0.717, 1.165) is 50.4 Å². The number of hydrogen-bond donors (Lipinski definition) is 1. The predicted octanol–water partition coefficient (Wildman–Crippen LogP) is 1.77. The molecule has 1 aromatic carbocycles. The molecule has 1 aromatic heterocycles. The zero-order valence-corrected chi connectivity index (χ0v) is 15.4. The van der Waals surface area contributed by atoms with E-state index in [1.807, 2.05) is 32.2 Å². The van der Waals surface area contributed by atoms with Crippen molar-refractivity contribution in [3.8, 4) is 5.75 Å². The van der Waals surface area contributed by atoms with Gasteiger partial charge in [0.05, 0.1) is 6.61 Å². The Morgan fingerprint density at radius 3 is 2.62 bits per heavy atom. The molecule has 3 rings (SSSR count). The fourth-order valence-electron chi connectivity index (χ4n) is 3.00. The lowest BCUT2D eigenvalue weighted by Crippen LogP contribution is -2.52. The fraction of sp³-hybridized carbons (Fsp3) is 0.421. The van der Waals surface area contributed by atoms with E-state index in [-0.39, 0.29) is 0 Å². The van der Waals surface area contributed by atoms with Crippen LogP contribution in [0.15, 0.2) is 47.7 Å². The minimum atomic E-state index is 0.675. The van der Waals surface area contributed by atoms with Crippen LogP contribution in [0.2, 0.25) is 0 Å². The number of rotatable bonds is 5. The number of ether oxygens (including phenoxy) is 1. The fourth-order valence-corrected chi connectivity index (χ4v) is 3.00. The van der Waals surface area contributed by atoms with Gasteiger partial charge in [0.15, 0.2) is 5.96 Å². The highest BCUT2D eigenvalue weighted by molar-refractivity contribution is 5.80. The largest absolute Gasteiger partial charge is 0.494 e. The van der Waals surface area contributed by atoms with Crippen molar-refractivity contribution in [2.24, 2.45) is 4.99 Å². The van der Waals surface area contributed by atoms with Crippen molar-refractivity contribution >= 4 is 11.9 Å². The Labute approximate surface area is 154 Å². The van der Waals surface area contributed by atoms with E-state index in [4.69, 9.17) is 4.74 Å². The number of aromatic nitrogens is 2. The number of nitrogens with zero attached hydrogens (tertiary/aromatic N) is 5. The number of benzene rings is 1. The lowest BCUT2D eigenvalue weighted by atomic mass is 10.2. The van der Waals surface area contributed by atoms with Gasteiger partial charge in [-0.1, -0.05) is 12.1 Å². The van der Waals surface area contributed by atoms with Gasteiger partial charge in [0.25, 0.3) is 0 Å². The van der Waals surface area contributed by atoms with Crippen LogP contribution >= 0.6 is 0 Å². The molecule has 0 saturated carbocycles. The highest BCUT2D eigenvalue weighted by Crippen LogP contribution is 2.14. The lowest BCUT2D eigenvalue weighted by Gasteiger charge is -2.36. The quantitative estimate of drug-likeness (QED) is 0.652. The first kappa shape index (κ1) is 18.0. The van der Waals surface area contributed by atoms with Gasteiger partial charge in [-0.3, -0.25) is 4.99 Å². The molecule has 2 aromatic rings. The van der Waals surface area contributed by atoms with E-state index in [0.29, 0.717) is 6.61 Å². The molecule has 0 atom stereocenters. The van der Waals surface area contributed by atoms with E-state index < -0.39 is 0 Å². The van der Waals surface area contributed by atoms with Gasteiger partial charge in [-0.15, -0.1) is 0 Å². The number of aliphatic imine (C=N–C) groups is 1. The Bertz CT molecular complexity index is 713. The number of hydrogen-bond acceptors (Lipinski definition) is 5. The third kappa shape index (κ3) is 4.62. The summed E-state index contributed by atoms with van der Waals surface area (Å²) in [5.74, 6) is 2.61. The summed E-state index contributed by atoms with van der Waals surface area (Å²) < 4.78 is 5.56. The average Bonchev–Trinajstić information content (AvgIpc) is 2.70. The summed E-state index contributed by atoms with van der Waals surface area (Å²) in [5, 5.41) is 3.45. The molecule has 7 heteroatoms. The van der Waals surface area contributed by atoms with Gasteiger partial charge in [-0.05, 0) is 30.7 Å². The van der Waals surface area contributed by atoms with E-state index in [1.54, 1.807) is 12.4 Å². The Kier molecular flexibility index (Phi) is 6.24. The van der Waals surface area contributed by atoms with Crippen LogP contribution in [0.5, 0.6) is 5.75 Å². The van der Waals surface area contributed by atoms with Crippen LogP contribution < -0.4 is 15.0 Å². The zero-order chi connectivity index (χ0) is 18.2. The predicted molar refractivity (Wildman–Crippen MR) is 104 cm³/mol. The summed E-state index contributed by atoms with van der Waals surface area (Å²) >= 11 is 0. The summed E-state index contributed by atoms with van der Waals surface area (Å²) in [6, 6.07) is 9.99. The summed E-state index contributed by atoms with van der Waals surface area (Å²) in [7, 11) is 1.83. The van der Waals surface area contributed by atoms with Gasteiger partial charge in [-0.25, -0.2) is 9.97 Å². The molecular weight excluding hydrogens is 328 g/mol. The van der Waals surface area contributed by atoms with Crippen LogP contribution in [0.4, 0.5) is 5.95 Å². The normalized spacial score (nSPS) is 15.1. The van der Waals surface area contributed by atoms with Crippen LogP contribution in [0.1, 0.15) is 12.5 Å². The second-order valence-electron chi connectivity index (χ2n) is 6.00. The van der Waals surface area contributed by atoms with Crippen molar-refractivity contribution in [3.63, 3.8) is 0 Å². The molecular formula is C19H26N6O. The lowest BCUT2D eigenvalue weighted by molar-refractivity contribution is 0.339. The van der Waals surface area contributed by atoms with E-state index in [9.17, 15) is 0 Å². The van der Waals surface area contributed by atoms with Gasteiger partial charge < -0.3 is 19.9 Å². The maximum absolute atomic E-state index is 5.56. The third-order valence-electron chi connectivity index (χ3n) is 4.29.